The molecule has 0 fully saturated rings. The smallest absolute Gasteiger partial charge is 0.0648 e. The Morgan fingerprint density at radius 3 is 2.00 bits per heavy atom. The van der Waals surface area contributed by atoms with Gasteiger partial charge in [-0.15, -0.1) is 0 Å². The quantitative estimate of drug-likeness (QED) is 0.596. The van der Waals surface area contributed by atoms with Gasteiger partial charge in [-0.2, -0.15) is 0 Å². The maximum atomic E-state index is 2.67. The SMILES string of the molecule is CC[C@](C)(CC(C)C)C1(C)C=[P+](C)C1(C)C. The van der Waals surface area contributed by atoms with Crippen LogP contribution in [-0.4, -0.2) is 17.6 Å². The van der Waals surface area contributed by atoms with Gasteiger partial charge in [-0.3, -0.25) is 0 Å². The first-order valence-electron chi connectivity index (χ1n) is 6.69. The average Bonchev–Trinajstić information content (AvgIpc) is 2.16. The first-order valence-corrected chi connectivity index (χ1v) is 8.55. The summed E-state index contributed by atoms with van der Waals surface area (Å²) < 4.78 is 0. The molecule has 0 bridgehead atoms. The lowest BCUT2D eigenvalue weighted by Gasteiger charge is -2.54. The monoisotopic (exact) mass is 241 g/mol. The van der Waals surface area contributed by atoms with Gasteiger partial charge in [-0.05, 0) is 44.9 Å². The van der Waals surface area contributed by atoms with Gasteiger partial charge in [0.15, 0.2) is 0 Å². The van der Waals surface area contributed by atoms with Crippen molar-refractivity contribution in [1.82, 2.24) is 0 Å². The molecular weight excluding hydrogens is 211 g/mol. The third-order valence-corrected chi connectivity index (χ3v) is 8.63. The molecule has 1 rings (SSSR count). The minimum absolute atomic E-state index is 0.131. The fourth-order valence-electron chi connectivity index (χ4n) is 3.53. The molecule has 16 heavy (non-hydrogen) atoms. The fourth-order valence-corrected chi connectivity index (χ4v) is 6.12. The molecule has 0 nitrogen and oxygen atoms in total. The Labute approximate surface area is 104 Å². The van der Waals surface area contributed by atoms with Crippen LogP contribution in [0.2, 0.25) is 0 Å². The van der Waals surface area contributed by atoms with Gasteiger partial charge < -0.3 is 0 Å². The van der Waals surface area contributed by atoms with Crippen LogP contribution in [0.3, 0.4) is 0 Å². The van der Waals surface area contributed by atoms with Gasteiger partial charge in [-0.25, -0.2) is 0 Å². The molecule has 0 radical (unpaired) electrons. The van der Waals surface area contributed by atoms with Crippen molar-refractivity contribution in [3.8, 4) is 0 Å². The van der Waals surface area contributed by atoms with E-state index in [-0.39, 0.29) is 7.55 Å². The van der Waals surface area contributed by atoms with E-state index in [4.69, 9.17) is 0 Å². The maximum absolute atomic E-state index is 2.67. The summed E-state index contributed by atoms with van der Waals surface area (Å²) in [5, 5.41) is 0.516. The van der Waals surface area contributed by atoms with Gasteiger partial charge in [0.1, 0.15) is 5.16 Å². The van der Waals surface area contributed by atoms with E-state index in [0.717, 1.165) is 5.92 Å². The zero-order valence-electron chi connectivity index (χ0n) is 12.5. The number of hydrogen-bond acceptors (Lipinski definition) is 0. The summed E-state index contributed by atoms with van der Waals surface area (Å²) in [5.74, 6) is 3.48. The summed E-state index contributed by atoms with van der Waals surface area (Å²) in [6.45, 7) is 19.5. The van der Waals surface area contributed by atoms with Crippen molar-refractivity contribution < 1.29 is 0 Å². The van der Waals surface area contributed by atoms with Crippen LogP contribution < -0.4 is 0 Å². The minimum atomic E-state index is 0.131. The normalized spacial score (nSPS) is 34.2. The van der Waals surface area contributed by atoms with Crippen LogP contribution in [0.4, 0.5) is 0 Å². The van der Waals surface area contributed by atoms with E-state index < -0.39 is 0 Å². The molecule has 0 spiro atoms. The molecule has 0 saturated heterocycles. The lowest BCUT2D eigenvalue weighted by Crippen LogP contribution is -2.57. The van der Waals surface area contributed by atoms with E-state index in [1.807, 2.05) is 0 Å². The van der Waals surface area contributed by atoms with Crippen LogP contribution >= 0.6 is 7.55 Å². The molecule has 0 amide bonds. The predicted molar refractivity (Wildman–Crippen MR) is 78.9 cm³/mol. The van der Waals surface area contributed by atoms with Crippen LogP contribution in [0.15, 0.2) is 0 Å². The van der Waals surface area contributed by atoms with Crippen molar-refractivity contribution in [2.24, 2.45) is 16.7 Å². The molecule has 94 valence electrons. The van der Waals surface area contributed by atoms with Crippen molar-refractivity contribution in [3.05, 3.63) is 0 Å². The van der Waals surface area contributed by atoms with Gasteiger partial charge in [0, 0.05) is 0 Å². The van der Waals surface area contributed by atoms with Gasteiger partial charge in [0.05, 0.1) is 25.4 Å². The summed E-state index contributed by atoms with van der Waals surface area (Å²) >= 11 is 0. The fraction of sp³-hybridized carbons (Fsp3) is 0.933. The van der Waals surface area contributed by atoms with Crippen LogP contribution in [-0.2, 0) is 0 Å². The highest BCUT2D eigenvalue weighted by Gasteiger charge is 2.65. The average molecular weight is 241 g/mol. The van der Waals surface area contributed by atoms with E-state index in [1.54, 1.807) is 0 Å². The van der Waals surface area contributed by atoms with Crippen LogP contribution in [0.1, 0.15) is 61.3 Å². The van der Waals surface area contributed by atoms with Crippen molar-refractivity contribution in [2.45, 2.75) is 66.5 Å². The van der Waals surface area contributed by atoms with E-state index in [2.05, 4.69) is 60.9 Å². The predicted octanol–water partition coefficient (Wildman–Crippen LogP) is 5.16. The second-order valence-electron chi connectivity index (χ2n) is 7.01. The Balaban J connectivity index is 3.08. The van der Waals surface area contributed by atoms with E-state index in [1.165, 1.54) is 12.8 Å². The number of hydrogen-bond donors (Lipinski definition) is 0. The molecule has 0 aromatic heterocycles. The Hall–Kier alpha value is 0.170. The third-order valence-electron chi connectivity index (χ3n) is 5.50. The molecule has 3 atom stereocenters. The summed E-state index contributed by atoms with van der Waals surface area (Å²) in [7, 11) is 0.131. The van der Waals surface area contributed by atoms with Crippen LogP contribution in [0, 0.1) is 16.7 Å². The Morgan fingerprint density at radius 1 is 1.25 bits per heavy atom. The van der Waals surface area contributed by atoms with Gasteiger partial charge in [0.25, 0.3) is 0 Å². The first-order chi connectivity index (χ1) is 7.10. The molecule has 0 aliphatic carbocycles. The molecule has 0 saturated carbocycles. The van der Waals surface area contributed by atoms with Crippen molar-refractivity contribution in [2.75, 3.05) is 6.66 Å². The molecular formula is C15H30P+. The highest BCUT2D eigenvalue weighted by atomic mass is 31.1. The molecule has 1 heterocycles. The van der Waals surface area contributed by atoms with Crippen LogP contribution in [0.5, 0.6) is 0 Å². The largest absolute Gasteiger partial charge is 0.133 e. The summed E-state index contributed by atoms with van der Waals surface area (Å²) in [4.78, 5) is 0. The van der Waals surface area contributed by atoms with Crippen molar-refractivity contribution in [3.63, 3.8) is 0 Å². The first kappa shape index (κ1) is 14.2. The topological polar surface area (TPSA) is 0 Å². The summed E-state index contributed by atoms with van der Waals surface area (Å²) in [6, 6.07) is 0. The maximum Gasteiger partial charge on any atom is 0.133 e. The summed E-state index contributed by atoms with van der Waals surface area (Å²) in [6.07, 6.45) is 2.65. The van der Waals surface area contributed by atoms with E-state index in [9.17, 15) is 0 Å². The van der Waals surface area contributed by atoms with Crippen LogP contribution in [0.25, 0.3) is 0 Å². The standard InChI is InChI=1S/C15H30P/c1-9-14(6,10-12(2)3)15(7)11-16(8)13(15,4)5/h11-12H,9-10H2,1-8H3/q+1/t14-,15?/m1/s1. The van der Waals surface area contributed by atoms with E-state index >= 15 is 0 Å². The van der Waals surface area contributed by atoms with Crippen molar-refractivity contribution >= 4 is 13.3 Å². The third kappa shape index (κ3) is 1.78. The van der Waals surface area contributed by atoms with Gasteiger partial charge in [-0.1, -0.05) is 27.7 Å². The molecule has 0 aromatic carbocycles. The second kappa shape index (κ2) is 4.13. The zero-order chi connectivity index (χ0) is 12.8. The van der Waals surface area contributed by atoms with Gasteiger partial charge in [0.2, 0.25) is 0 Å². The van der Waals surface area contributed by atoms with E-state index in [0.29, 0.717) is 16.0 Å². The minimum Gasteiger partial charge on any atom is -0.0648 e. The Morgan fingerprint density at radius 2 is 1.75 bits per heavy atom. The Kier molecular flexibility index (Phi) is 3.67. The molecule has 0 aromatic rings. The molecule has 1 heteroatoms. The molecule has 1 aliphatic rings. The number of rotatable bonds is 4. The van der Waals surface area contributed by atoms with Crippen molar-refractivity contribution in [1.29, 1.82) is 0 Å². The lowest BCUT2D eigenvalue weighted by atomic mass is 9.56. The second-order valence-corrected chi connectivity index (χ2v) is 9.61. The van der Waals surface area contributed by atoms with Gasteiger partial charge >= 0.3 is 0 Å². The highest BCUT2D eigenvalue weighted by molar-refractivity contribution is 7.60. The zero-order valence-corrected chi connectivity index (χ0v) is 13.4. The molecule has 1 aliphatic heterocycles. The lowest BCUT2D eigenvalue weighted by molar-refractivity contribution is 0.0739. The highest BCUT2D eigenvalue weighted by Crippen LogP contribution is 2.67. The molecule has 0 N–H and O–H groups in total. The summed E-state index contributed by atoms with van der Waals surface area (Å²) in [5.41, 5.74) is 0.902. The Bertz CT molecular complexity index is 301. The molecule has 2 unspecified atom stereocenters.